The van der Waals surface area contributed by atoms with Gasteiger partial charge in [-0.2, -0.15) is 0 Å². The van der Waals surface area contributed by atoms with E-state index >= 15 is 0 Å². The SMILES string of the molecule is CC(=O)N1Cc2cc(Br)ccc2NCC1Cc1ccc2ccccc2c1. The number of hydrogen-bond acceptors (Lipinski definition) is 2. The van der Waals surface area contributed by atoms with E-state index < -0.39 is 0 Å². The Labute approximate surface area is 162 Å². The summed E-state index contributed by atoms with van der Waals surface area (Å²) < 4.78 is 1.04. The van der Waals surface area contributed by atoms with Gasteiger partial charge in [0.1, 0.15) is 0 Å². The monoisotopic (exact) mass is 408 g/mol. The molecule has 1 unspecified atom stereocenters. The highest BCUT2D eigenvalue weighted by molar-refractivity contribution is 9.10. The molecular weight excluding hydrogens is 388 g/mol. The molecule has 0 saturated heterocycles. The fourth-order valence-electron chi connectivity index (χ4n) is 3.70. The van der Waals surface area contributed by atoms with E-state index in [4.69, 9.17) is 0 Å². The second kappa shape index (κ2) is 7.12. The summed E-state index contributed by atoms with van der Waals surface area (Å²) >= 11 is 3.53. The Morgan fingerprint density at radius 1 is 1.12 bits per heavy atom. The van der Waals surface area contributed by atoms with Crippen LogP contribution in [0.1, 0.15) is 18.1 Å². The van der Waals surface area contributed by atoms with E-state index in [9.17, 15) is 4.79 Å². The summed E-state index contributed by atoms with van der Waals surface area (Å²) in [5.74, 6) is 0.116. The van der Waals surface area contributed by atoms with Gasteiger partial charge < -0.3 is 10.2 Å². The second-order valence-electron chi connectivity index (χ2n) is 6.87. The van der Waals surface area contributed by atoms with Crippen LogP contribution >= 0.6 is 15.9 Å². The Hall–Kier alpha value is -2.33. The van der Waals surface area contributed by atoms with Gasteiger partial charge in [0.25, 0.3) is 0 Å². The Bertz CT molecular complexity index is 969. The Morgan fingerprint density at radius 3 is 2.73 bits per heavy atom. The van der Waals surface area contributed by atoms with Gasteiger partial charge in [-0.15, -0.1) is 0 Å². The number of benzene rings is 3. The van der Waals surface area contributed by atoms with Gasteiger partial charge in [-0.1, -0.05) is 58.4 Å². The molecule has 1 aliphatic rings. The third kappa shape index (κ3) is 3.47. The third-order valence-corrected chi connectivity index (χ3v) is 5.56. The van der Waals surface area contributed by atoms with Crippen molar-refractivity contribution in [3.8, 4) is 0 Å². The maximum Gasteiger partial charge on any atom is 0.220 e. The van der Waals surface area contributed by atoms with Crippen molar-refractivity contribution in [2.45, 2.75) is 25.9 Å². The summed E-state index contributed by atoms with van der Waals surface area (Å²) in [4.78, 5) is 14.3. The number of hydrogen-bond donors (Lipinski definition) is 1. The molecule has 0 aliphatic carbocycles. The molecule has 0 spiro atoms. The molecule has 0 radical (unpaired) electrons. The molecule has 1 atom stereocenters. The molecule has 3 aromatic rings. The highest BCUT2D eigenvalue weighted by Gasteiger charge is 2.26. The van der Waals surface area contributed by atoms with Gasteiger partial charge in [0.2, 0.25) is 5.91 Å². The molecule has 1 N–H and O–H groups in total. The van der Waals surface area contributed by atoms with Crippen molar-refractivity contribution in [1.82, 2.24) is 4.90 Å². The molecule has 132 valence electrons. The van der Waals surface area contributed by atoms with Gasteiger partial charge in [-0.25, -0.2) is 0 Å². The summed E-state index contributed by atoms with van der Waals surface area (Å²) in [5, 5.41) is 6.02. The van der Waals surface area contributed by atoms with Crippen molar-refractivity contribution < 1.29 is 4.79 Å². The van der Waals surface area contributed by atoms with Crippen molar-refractivity contribution in [1.29, 1.82) is 0 Å². The molecule has 3 aromatic carbocycles. The first-order valence-electron chi connectivity index (χ1n) is 8.87. The molecule has 4 heteroatoms. The van der Waals surface area contributed by atoms with E-state index in [0.29, 0.717) is 6.54 Å². The minimum absolute atomic E-state index is 0.116. The molecule has 0 fully saturated rings. The highest BCUT2D eigenvalue weighted by Crippen LogP contribution is 2.27. The first-order chi connectivity index (χ1) is 12.6. The van der Waals surface area contributed by atoms with Crippen LogP contribution in [0.25, 0.3) is 10.8 Å². The van der Waals surface area contributed by atoms with Crippen molar-refractivity contribution in [2.75, 3.05) is 11.9 Å². The fourth-order valence-corrected chi connectivity index (χ4v) is 4.11. The van der Waals surface area contributed by atoms with Crippen molar-refractivity contribution in [2.24, 2.45) is 0 Å². The smallest absolute Gasteiger partial charge is 0.220 e. The zero-order chi connectivity index (χ0) is 18.1. The minimum atomic E-state index is 0.116. The van der Waals surface area contributed by atoms with E-state index in [1.54, 1.807) is 6.92 Å². The van der Waals surface area contributed by atoms with Crippen LogP contribution in [0.3, 0.4) is 0 Å². The van der Waals surface area contributed by atoms with Gasteiger partial charge in [0.15, 0.2) is 0 Å². The summed E-state index contributed by atoms with van der Waals surface area (Å²) in [6.07, 6.45) is 0.840. The number of rotatable bonds is 2. The molecular formula is C22H21BrN2O. The normalized spacial score (nSPS) is 16.7. The topological polar surface area (TPSA) is 32.3 Å². The van der Waals surface area contributed by atoms with E-state index in [2.05, 4.69) is 75.8 Å². The van der Waals surface area contributed by atoms with Gasteiger partial charge in [0.05, 0.1) is 6.04 Å². The number of halogens is 1. The molecule has 1 amide bonds. The lowest BCUT2D eigenvalue weighted by molar-refractivity contribution is -0.131. The van der Waals surface area contributed by atoms with Crippen LogP contribution in [-0.2, 0) is 17.8 Å². The number of nitrogens with one attached hydrogen (secondary N) is 1. The summed E-state index contributed by atoms with van der Waals surface area (Å²) in [7, 11) is 0. The molecule has 0 bridgehead atoms. The van der Waals surface area contributed by atoms with Crippen LogP contribution in [0.2, 0.25) is 0 Å². The first kappa shape index (κ1) is 17.1. The summed E-state index contributed by atoms with van der Waals surface area (Å²) in [6, 6.07) is 21.3. The lowest BCUT2D eigenvalue weighted by Crippen LogP contribution is -2.42. The maximum absolute atomic E-state index is 12.3. The average Bonchev–Trinajstić information content (AvgIpc) is 2.81. The van der Waals surface area contributed by atoms with Gasteiger partial charge in [-0.05, 0) is 46.5 Å². The molecule has 4 rings (SSSR count). The number of carbonyl (C=O) groups is 1. The Morgan fingerprint density at radius 2 is 1.92 bits per heavy atom. The van der Waals surface area contributed by atoms with Gasteiger partial charge in [-0.3, -0.25) is 4.79 Å². The van der Waals surface area contributed by atoms with Crippen LogP contribution < -0.4 is 5.32 Å². The third-order valence-electron chi connectivity index (χ3n) is 5.07. The van der Waals surface area contributed by atoms with Crippen LogP contribution in [0, 0.1) is 0 Å². The van der Waals surface area contributed by atoms with Crippen LogP contribution in [-0.4, -0.2) is 23.4 Å². The average molecular weight is 409 g/mol. The van der Waals surface area contributed by atoms with Crippen LogP contribution in [0.5, 0.6) is 0 Å². The molecule has 26 heavy (non-hydrogen) atoms. The van der Waals surface area contributed by atoms with Crippen LogP contribution in [0.4, 0.5) is 5.69 Å². The zero-order valence-corrected chi connectivity index (χ0v) is 16.3. The Balaban J connectivity index is 1.62. The van der Waals surface area contributed by atoms with Gasteiger partial charge in [0, 0.05) is 30.2 Å². The number of anilines is 1. The van der Waals surface area contributed by atoms with Crippen molar-refractivity contribution in [3.05, 3.63) is 76.3 Å². The largest absolute Gasteiger partial charge is 0.383 e. The number of amides is 1. The molecule has 3 nitrogen and oxygen atoms in total. The van der Waals surface area contributed by atoms with Gasteiger partial charge >= 0.3 is 0 Å². The van der Waals surface area contributed by atoms with E-state index in [0.717, 1.165) is 28.7 Å². The highest BCUT2D eigenvalue weighted by atomic mass is 79.9. The van der Waals surface area contributed by atoms with E-state index in [1.165, 1.54) is 16.3 Å². The maximum atomic E-state index is 12.3. The number of nitrogens with zero attached hydrogens (tertiary/aromatic N) is 1. The van der Waals surface area contributed by atoms with Crippen molar-refractivity contribution >= 4 is 38.3 Å². The lowest BCUT2D eigenvalue weighted by Gasteiger charge is -2.29. The van der Waals surface area contributed by atoms with E-state index in [1.807, 2.05) is 11.0 Å². The number of fused-ring (bicyclic) bond motifs is 2. The summed E-state index contributed by atoms with van der Waals surface area (Å²) in [6.45, 7) is 3.05. The summed E-state index contributed by atoms with van der Waals surface area (Å²) in [5.41, 5.74) is 3.52. The molecule has 1 heterocycles. The quantitative estimate of drug-likeness (QED) is 0.647. The second-order valence-corrected chi connectivity index (χ2v) is 7.78. The zero-order valence-electron chi connectivity index (χ0n) is 14.7. The number of carbonyl (C=O) groups excluding carboxylic acids is 1. The fraction of sp³-hybridized carbons (Fsp3) is 0.227. The Kier molecular flexibility index (Phi) is 4.68. The first-order valence-corrected chi connectivity index (χ1v) is 9.66. The predicted octanol–water partition coefficient (Wildman–Crippen LogP) is 4.99. The van der Waals surface area contributed by atoms with Crippen LogP contribution in [0.15, 0.2) is 65.1 Å². The molecule has 0 aromatic heterocycles. The lowest BCUT2D eigenvalue weighted by atomic mass is 10.0. The van der Waals surface area contributed by atoms with Crippen molar-refractivity contribution in [3.63, 3.8) is 0 Å². The minimum Gasteiger partial charge on any atom is -0.383 e. The molecule has 0 saturated carbocycles. The predicted molar refractivity (Wildman–Crippen MR) is 110 cm³/mol. The van der Waals surface area contributed by atoms with E-state index in [-0.39, 0.29) is 11.9 Å². The standard InChI is InChI=1S/C22H21BrN2O/c1-15(26)25-14-19-12-20(23)8-9-22(19)24-13-21(25)11-16-6-7-17-4-2-3-5-18(17)10-16/h2-10,12,21,24H,11,13-14H2,1H3. The molecule has 1 aliphatic heterocycles.